The Morgan fingerprint density at radius 2 is 1.90 bits per heavy atom. The first-order valence-corrected chi connectivity index (χ1v) is 8.73. The fourth-order valence-corrected chi connectivity index (χ4v) is 4.94. The van der Waals surface area contributed by atoms with Crippen LogP contribution in [-0.2, 0) is 10.0 Å². The van der Waals surface area contributed by atoms with Gasteiger partial charge in [0.25, 0.3) is 0 Å². The molecule has 1 aliphatic carbocycles. The van der Waals surface area contributed by atoms with Gasteiger partial charge in [-0.05, 0) is 18.9 Å². The van der Waals surface area contributed by atoms with E-state index >= 15 is 0 Å². The molecule has 6 heteroatoms. The van der Waals surface area contributed by atoms with Gasteiger partial charge in [0.1, 0.15) is 6.10 Å². The Balaban J connectivity index is 1.54. The fraction of sp³-hybridized carbons (Fsp3) is 0.643. The summed E-state index contributed by atoms with van der Waals surface area (Å²) in [4.78, 5) is 4.09. The van der Waals surface area contributed by atoms with Crippen LogP contribution >= 0.6 is 0 Å². The lowest BCUT2D eigenvalue weighted by molar-refractivity contribution is 0.0710. The van der Waals surface area contributed by atoms with Crippen LogP contribution in [0.2, 0.25) is 0 Å². The van der Waals surface area contributed by atoms with Crippen LogP contribution in [-0.4, -0.2) is 42.2 Å². The normalized spacial score (nSPS) is 22.4. The second kappa shape index (κ2) is 5.69. The summed E-state index contributed by atoms with van der Waals surface area (Å²) in [5, 5.41) is -0.174. The van der Waals surface area contributed by atoms with E-state index in [4.69, 9.17) is 4.74 Å². The van der Waals surface area contributed by atoms with Crippen LogP contribution in [0.4, 0.5) is 0 Å². The molecule has 2 fully saturated rings. The van der Waals surface area contributed by atoms with Crippen molar-refractivity contribution in [2.24, 2.45) is 0 Å². The van der Waals surface area contributed by atoms with Gasteiger partial charge in [-0.2, -0.15) is 4.31 Å². The summed E-state index contributed by atoms with van der Waals surface area (Å²) in [6, 6.07) is 5.48. The first-order valence-electron chi connectivity index (χ1n) is 7.23. The Hall–Kier alpha value is -1.14. The molecule has 0 bridgehead atoms. The predicted molar refractivity (Wildman–Crippen MR) is 76.0 cm³/mol. The summed E-state index contributed by atoms with van der Waals surface area (Å²) in [5.74, 6) is 0.562. The van der Waals surface area contributed by atoms with E-state index in [9.17, 15) is 8.42 Å². The second-order valence-corrected chi connectivity index (χ2v) is 7.74. The average Bonchev–Trinajstić information content (AvgIpc) is 2.44. The molecule has 1 aromatic heterocycles. The molecule has 0 aromatic carbocycles. The smallest absolute Gasteiger partial charge is 0.217 e. The monoisotopic (exact) mass is 296 g/mol. The van der Waals surface area contributed by atoms with E-state index < -0.39 is 10.0 Å². The molecule has 3 rings (SSSR count). The van der Waals surface area contributed by atoms with Crippen LogP contribution in [0.15, 0.2) is 24.4 Å². The molecule has 1 aromatic rings. The van der Waals surface area contributed by atoms with E-state index in [0.717, 1.165) is 32.1 Å². The number of nitrogens with zero attached hydrogens (tertiary/aromatic N) is 2. The second-order valence-electron chi connectivity index (χ2n) is 5.53. The molecule has 5 nitrogen and oxygen atoms in total. The van der Waals surface area contributed by atoms with Crippen LogP contribution in [0.25, 0.3) is 0 Å². The van der Waals surface area contributed by atoms with Crippen LogP contribution < -0.4 is 4.74 Å². The SMILES string of the molecule is O=S(=O)(C1CCCCC1)N1CC(Oc2ccccn2)C1. The maximum absolute atomic E-state index is 12.4. The van der Waals surface area contributed by atoms with Gasteiger partial charge in [-0.15, -0.1) is 0 Å². The Morgan fingerprint density at radius 1 is 1.15 bits per heavy atom. The highest BCUT2D eigenvalue weighted by Crippen LogP contribution is 2.29. The number of hydrogen-bond donors (Lipinski definition) is 0. The van der Waals surface area contributed by atoms with E-state index in [-0.39, 0.29) is 11.4 Å². The van der Waals surface area contributed by atoms with E-state index in [1.165, 1.54) is 0 Å². The molecule has 0 N–H and O–H groups in total. The van der Waals surface area contributed by atoms with E-state index in [0.29, 0.717) is 19.0 Å². The summed E-state index contributed by atoms with van der Waals surface area (Å²) < 4.78 is 32.1. The third-order valence-corrected chi connectivity index (χ3v) is 6.40. The van der Waals surface area contributed by atoms with E-state index in [1.54, 1.807) is 16.6 Å². The van der Waals surface area contributed by atoms with Crippen molar-refractivity contribution in [3.63, 3.8) is 0 Å². The molecule has 2 aliphatic rings. The molecule has 0 unspecified atom stereocenters. The standard InChI is InChI=1S/C14H20N2O3S/c17-20(18,13-6-2-1-3-7-13)16-10-12(11-16)19-14-8-4-5-9-15-14/h4-5,8-9,12-13H,1-3,6-7,10-11H2. The molecular formula is C14H20N2O3S. The zero-order valence-electron chi connectivity index (χ0n) is 11.4. The van der Waals surface area contributed by atoms with Gasteiger partial charge in [-0.3, -0.25) is 0 Å². The van der Waals surface area contributed by atoms with Gasteiger partial charge in [0.15, 0.2) is 0 Å². The Labute approximate surface area is 120 Å². The highest BCUT2D eigenvalue weighted by molar-refractivity contribution is 7.89. The molecule has 0 atom stereocenters. The van der Waals surface area contributed by atoms with Crippen molar-refractivity contribution in [2.75, 3.05) is 13.1 Å². The maximum atomic E-state index is 12.4. The minimum absolute atomic E-state index is 0.0664. The number of rotatable bonds is 4. The number of sulfonamides is 1. The number of aromatic nitrogens is 1. The summed E-state index contributed by atoms with van der Waals surface area (Å²) in [7, 11) is -3.12. The van der Waals surface area contributed by atoms with Gasteiger partial charge >= 0.3 is 0 Å². The van der Waals surface area contributed by atoms with Crippen molar-refractivity contribution >= 4 is 10.0 Å². The van der Waals surface area contributed by atoms with Crippen molar-refractivity contribution in [1.82, 2.24) is 9.29 Å². The number of hydrogen-bond acceptors (Lipinski definition) is 4. The van der Waals surface area contributed by atoms with Crippen molar-refractivity contribution in [3.05, 3.63) is 24.4 Å². The number of ether oxygens (including phenoxy) is 1. The molecule has 0 amide bonds. The molecule has 2 heterocycles. The average molecular weight is 296 g/mol. The Morgan fingerprint density at radius 3 is 2.55 bits per heavy atom. The topological polar surface area (TPSA) is 59.5 Å². The van der Waals surface area contributed by atoms with E-state index in [2.05, 4.69) is 4.98 Å². The third-order valence-electron chi connectivity index (χ3n) is 4.07. The van der Waals surface area contributed by atoms with Crippen molar-refractivity contribution in [1.29, 1.82) is 0 Å². The first-order chi connectivity index (χ1) is 9.66. The highest BCUT2D eigenvalue weighted by Gasteiger charge is 2.41. The third kappa shape index (κ3) is 2.81. The van der Waals surface area contributed by atoms with Gasteiger partial charge in [0, 0.05) is 12.3 Å². The quantitative estimate of drug-likeness (QED) is 0.850. The van der Waals surface area contributed by atoms with Crippen molar-refractivity contribution in [2.45, 2.75) is 43.5 Å². The largest absolute Gasteiger partial charge is 0.472 e. The minimum atomic E-state index is -3.12. The molecule has 1 saturated heterocycles. The summed E-state index contributed by atoms with van der Waals surface area (Å²) >= 11 is 0. The Kier molecular flexibility index (Phi) is 3.94. The lowest BCUT2D eigenvalue weighted by atomic mass is 10.0. The first kappa shape index (κ1) is 13.8. The van der Waals surface area contributed by atoms with Crippen molar-refractivity contribution in [3.8, 4) is 5.88 Å². The molecule has 1 aliphatic heterocycles. The molecular weight excluding hydrogens is 276 g/mol. The lowest BCUT2D eigenvalue weighted by Crippen LogP contribution is -2.58. The molecule has 1 saturated carbocycles. The maximum Gasteiger partial charge on any atom is 0.217 e. The molecule has 0 spiro atoms. The zero-order chi connectivity index (χ0) is 14.0. The summed E-state index contributed by atoms with van der Waals surface area (Å²) in [6.45, 7) is 0.908. The fourth-order valence-electron chi connectivity index (χ4n) is 2.84. The zero-order valence-corrected chi connectivity index (χ0v) is 12.3. The van der Waals surface area contributed by atoms with Gasteiger partial charge in [0.05, 0.1) is 18.3 Å². The lowest BCUT2D eigenvalue weighted by Gasteiger charge is -2.40. The van der Waals surface area contributed by atoms with Crippen LogP contribution in [0.3, 0.4) is 0 Å². The van der Waals surface area contributed by atoms with E-state index in [1.807, 2.05) is 12.1 Å². The van der Waals surface area contributed by atoms with Crippen LogP contribution in [0, 0.1) is 0 Å². The Bertz CT molecular complexity index is 535. The predicted octanol–water partition coefficient (Wildman–Crippen LogP) is 1.81. The summed E-state index contributed by atoms with van der Waals surface area (Å²) in [5.41, 5.74) is 0. The van der Waals surface area contributed by atoms with Crippen LogP contribution in [0.1, 0.15) is 32.1 Å². The van der Waals surface area contributed by atoms with Gasteiger partial charge in [-0.1, -0.05) is 25.3 Å². The number of pyridine rings is 1. The van der Waals surface area contributed by atoms with Gasteiger partial charge in [0.2, 0.25) is 15.9 Å². The van der Waals surface area contributed by atoms with Crippen LogP contribution in [0.5, 0.6) is 5.88 Å². The molecule has 20 heavy (non-hydrogen) atoms. The van der Waals surface area contributed by atoms with Gasteiger partial charge < -0.3 is 4.74 Å². The molecule has 0 radical (unpaired) electrons. The minimum Gasteiger partial charge on any atom is -0.472 e. The molecule has 110 valence electrons. The highest BCUT2D eigenvalue weighted by atomic mass is 32.2. The van der Waals surface area contributed by atoms with Crippen molar-refractivity contribution < 1.29 is 13.2 Å². The summed E-state index contributed by atoms with van der Waals surface area (Å²) in [6.07, 6.45) is 6.46. The van der Waals surface area contributed by atoms with Gasteiger partial charge in [-0.25, -0.2) is 13.4 Å².